The van der Waals surface area contributed by atoms with Crippen molar-refractivity contribution in [1.82, 2.24) is 38.2 Å². The molecule has 0 N–H and O–H groups in total. The predicted octanol–water partition coefficient (Wildman–Crippen LogP) is 37.4. The van der Waals surface area contributed by atoms with Crippen LogP contribution in [0.4, 0.5) is 0 Å². The summed E-state index contributed by atoms with van der Waals surface area (Å²) in [5.74, 6) is 4.26. The highest BCUT2D eigenvalue weighted by Gasteiger charge is 2.44. The summed E-state index contributed by atoms with van der Waals surface area (Å²) in [6, 6.07) is 99.9. The first-order chi connectivity index (χ1) is 69.5. The molecule has 0 saturated heterocycles. The highest BCUT2D eigenvalue weighted by atomic mass is 15.3. The summed E-state index contributed by atoms with van der Waals surface area (Å²) in [7, 11) is 0. The van der Waals surface area contributed by atoms with Crippen LogP contribution in [0.5, 0.6) is 0 Å². The van der Waals surface area contributed by atoms with Gasteiger partial charge in [-0.1, -0.05) is 436 Å². The lowest BCUT2D eigenvalue weighted by molar-refractivity contribution is -0.705. The SMILES string of the molecule is CC.CC.CC.CC.CC.CC.CC.CC.CC.CC.CC.CC.CC.CC.CC.CC.CC1n2c(nc3c4ccccc4c4ccccc4c32)-c2c3ccccc3cc[n+]21.CC1n2c(nc3c4ccccc4ccc32)-c2c3ccccc3cc[n+]21.CC1n2c(nc3cc4c(cc32)C(C)(C)c2ccccc2-4)-c2c3ccccc3cc[n+]21.CC1n2c(nc3cc4ccccc4cc32)-c2c3ccccc3cc[n+]21. The van der Waals surface area contributed by atoms with Crippen molar-refractivity contribution in [3.63, 3.8) is 0 Å². The first-order valence-corrected chi connectivity index (χ1v) is 54.0. The van der Waals surface area contributed by atoms with E-state index in [1.807, 2.05) is 222 Å². The Morgan fingerprint density at radius 2 is 0.489 bits per heavy atom. The summed E-state index contributed by atoms with van der Waals surface area (Å²) in [6.07, 6.45) is 9.60. The third kappa shape index (κ3) is 20.8. The van der Waals surface area contributed by atoms with Gasteiger partial charge in [-0.2, -0.15) is 18.3 Å². The van der Waals surface area contributed by atoms with Gasteiger partial charge in [-0.25, -0.2) is 19.9 Å². The fourth-order valence-corrected chi connectivity index (χ4v) is 19.4. The van der Waals surface area contributed by atoms with Crippen molar-refractivity contribution in [2.45, 2.75) is 293 Å². The van der Waals surface area contributed by atoms with Crippen molar-refractivity contribution in [3.8, 4) is 57.2 Å². The van der Waals surface area contributed by atoms with Crippen LogP contribution in [0.3, 0.4) is 0 Å². The Morgan fingerprint density at radius 1 is 0.213 bits per heavy atom. The van der Waals surface area contributed by atoms with Gasteiger partial charge in [0.05, 0.1) is 65.7 Å². The van der Waals surface area contributed by atoms with Crippen LogP contribution in [0.2, 0.25) is 0 Å². The molecule has 141 heavy (non-hydrogen) atoms. The number of benzene rings is 13. The Labute approximate surface area is 846 Å². The largest absolute Gasteiger partial charge is 0.259 e. The maximum absolute atomic E-state index is 5.26. The normalized spacial score (nSPS) is 13.2. The minimum atomic E-state index is -0.000632. The first kappa shape index (κ1) is 114. The van der Waals surface area contributed by atoms with Gasteiger partial charge >= 0.3 is 0 Å². The number of imidazole rings is 4. The van der Waals surface area contributed by atoms with Crippen LogP contribution >= 0.6 is 0 Å². The quantitative estimate of drug-likeness (QED) is 0.112. The molecule has 5 aliphatic rings. The second kappa shape index (κ2) is 54.8. The van der Waals surface area contributed by atoms with Gasteiger partial charge in [0.1, 0.15) is 0 Å². The number of aromatic nitrogens is 12. The zero-order valence-electron chi connectivity index (χ0n) is 93.0. The Bertz CT molecular complexity index is 7570. The lowest BCUT2D eigenvalue weighted by Gasteiger charge is -2.21. The van der Waals surface area contributed by atoms with E-state index in [0.717, 1.165) is 45.4 Å². The Morgan fingerprint density at radius 3 is 0.894 bits per heavy atom. The van der Waals surface area contributed by atoms with E-state index < -0.39 is 0 Å². The minimum Gasteiger partial charge on any atom is -0.259 e. The minimum absolute atomic E-state index is 0.000632. The van der Waals surface area contributed by atoms with Gasteiger partial charge in [0.15, 0.2) is 24.8 Å². The van der Waals surface area contributed by atoms with E-state index in [1.165, 1.54) is 153 Å². The molecule has 0 bridgehead atoms. The monoisotopic (exact) mass is 1890 g/mol. The average molecular weight is 1890 g/mol. The number of rotatable bonds is 0. The summed E-state index contributed by atoms with van der Waals surface area (Å²) >= 11 is 0. The highest BCUT2D eigenvalue weighted by Crippen LogP contribution is 2.51. The van der Waals surface area contributed by atoms with Crippen molar-refractivity contribution < 1.29 is 18.3 Å². The number of nitrogens with zero attached hydrogens (tertiary/aromatic N) is 12. The molecule has 26 rings (SSSR count). The van der Waals surface area contributed by atoms with E-state index in [0.29, 0.717) is 0 Å². The third-order valence-corrected chi connectivity index (χ3v) is 24.6. The molecule has 4 atom stereocenters. The van der Waals surface area contributed by atoms with E-state index in [4.69, 9.17) is 19.9 Å². The van der Waals surface area contributed by atoms with Crippen LogP contribution in [0.15, 0.2) is 304 Å². The molecule has 13 aromatic carbocycles. The van der Waals surface area contributed by atoms with Crippen molar-refractivity contribution in [2.24, 2.45) is 0 Å². The van der Waals surface area contributed by atoms with Crippen LogP contribution < -0.4 is 18.3 Å². The van der Waals surface area contributed by atoms with Gasteiger partial charge < -0.3 is 0 Å². The van der Waals surface area contributed by atoms with E-state index in [-0.39, 0.29) is 30.1 Å². The molecule has 12 heteroatoms. The molecule has 4 aliphatic heterocycles. The number of fused-ring (bicyclic) bond motifs is 39. The Hall–Kier alpha value is -13.6. The molecule has 1 aliphatic carbocycles. The smallest absolute Gasteiger partial charge is 0.258 e. The van der Waals surface area contributed by atoms with E-state index >= 15 is 0 Å². The van der Waals surface area contributed by atoms with Gasteiger partial charge in [-0.3, -0.25) is 18.3 Å². The van der Waals surface area contributed by atoms with Gasteiger partial charge in [0.25, 0.3) is 22.8 Å². The number of pyridine rings is 4. The maximum Gasteiger partial charge on any atom is 0.258 e. The van der Waals surface area contributed by atoms with E-state index in [9.17, 15) is 0 Å². The molecule has 4 unspecified atom stereocenters. The summed E-state index contributed by atoms with van der Waals surface area (Å²) in [6.45, 7) is 77.7. The number of hydrogen-bond acceptors (Lipinski definition) is 4. The molecule has 12 nitrogen and oxygen atoms in total. The van der Waals surface area contributed by atoms with Gasteiger partial charge in [0.2, 0.25) is 48.0 Å². The Kier molecular flexibility index (Phi) is 44.5. The summed E-state index contributed by atoms with van der Waals surface area (Å²) < 4.78 is 18.9. The molecule has 0 fully saturated rings. The zero-order valence-corrected chi connectivity index (χ0v) is 93.0. The summed E-state index contributed by atoms with van der Waals surface area (Å²) in [5.41, 5.74) is 19.6. The molecule has 0 spiro atoms. The van der Waals surface area contributed by atoms with Crippen molar-refractivity contribution in [3.05, 3.63) is 315 Å². The predicted molar refractivity (Wildman–Crippen MR) is 621 cm³/mol. The standard InChI is InChI=1S/C27H22N3.C26H18N3.2C22H16N3.16C2H6/c1-16-29-13-12-17-8-4-5-9-18(17)25(29)26-28-23-14-20-19-10-6-7-11-21(19)27(2,3)22(20)15-24(23)30(16)26;1-16-28-15-14-17-8-2-3-9-18(17)25(28)26-27-23-21-12-6-4-10-19(21)20-11-5-7-13-22(20)24(23)29(16)26;1-14-24-13-12-16-7-3-5-9-18(16)21(24)22-23-20-17-8-4-2-6-15(17)10-11-19(20)25(14)22;1-14-24-11-10-15-6-4-5-9-18(15)21(24)22-23-19-12-16-7-2-3-8-17(16)13-20(19)25(14)22;16*1-2/h4-16H,1-3H3;2-16H,1H3;2*2-14H,1H3;16*1-2H3/q4*+1;;;;;;;;;;;;;;;;. The molecule has 740 valence electrons. The molecule has 12 heterocycles. The average Bonchev–Trinajstić information content (AvgIpc) is 1.53. The van der Waals surface area contributed by atoms with Crippen LogP contribution in [0.25, 0.3) is 188 Å². The van der Waals surface area contributed by atoms with Crippen molar-refractivity contribution >= 4 is 130 Å². The van der Waals surface area contributed by atoms with Gasteiger partial charge in [0, 0.05) is 73.5 Å². The maximum atomic E-state index is 5.26. The molecular weight excluding hydrogens is 1720 g/mol. The zero-order chi connectivity index (χ0) is 104. The molecule has 8 aromatic heterocycles. The molecule has 21 aromatic rings. The van der Waals surface area contributed by atoms with E-state index in [1.54, 1.807) is 0 Å². The molecule has 0 saturated carbocycles. The van der Waals surface area contributed by atoms with Crippen molar-refractivity contribution in [2.75, 3.05) is 0 Å². The molecular formula is C129H168N12+4. The summed E-state index contributed by atoms with van der Waals surface area (Å²) in [5, 5.41) is 20.1. The highest BCUT2D eigenvalue weighted by molar-refractivity contribution is 6.24. The second-order valence-electron chi connectivity index (χ2n) is 30.6. The number of hydrogen-bond donors (Lipinski definition) is 0. The van der Waals surface area contributed by atoms with Crippen LogP contribution in [0.1, 0.15) is 299 Å². The second-order valence-corrected chi connectivity index (χ2v) is 30.6. The molecule has 0 radical (unpaired) electrons. The topological polar surface area (TPSA) is 86.8 Å². The summed E-state index contributed by atoms with van der Waals surface area (Å²) in [4.78, 5) is 20.6. The third-order valence-electron chi connectivity index (χ3n) is 24.6. The lowest BCUT2D eigenvalue weighted by Crippen LogP contribution is -2.38. The van der Waals surface area contributed by atoms with Crippen LogP contribution in [-0.4, -0.2) is 38.2 Å². The molecule has 0 amide bonds. The Balaban J connectivity index is 0.000000233. The lowest BCUT2D eigenvalue weighted by atomic mass is 9.82. The fourth-order valence-electron chi connectivity index (χ4n) is 19.4. The first-order valence-electron chi connectivity index (χ1n) is 54.0. The van der Waals surface area contributed by atoms with Gasteiger partial charge in [-0.15, -0.1) is 0 Å². The van der Waals surface area contributed by atoms with Gasteiger partial charge in [-0.05, 0) is 125 Å². The van der Waals surface area contributed by atoms with Crippen molar-refractivity contribution in [1.29, 1.82) is 0 Å². The van der Waals surface area contributed by atoms with Crippen LogP contribution in [-0.2, 0) is 5.41 Å². The van der Waals surface area contributed by atoms with Crippen LogP contribution in [0, 0.1) is 0 Å². The fraction of sp³-hybridized carbons (Fsp3) is 0.333. The van der Waals surface area contributed by atoms with E-state index in [2.05, 4.69) is 382 Å².